The lowest BCUT2D eigenvalue weighted by Gasteiger charge is -2.33. The molecule has 0 spiro atoms. The Morgan fingerprint density at radius 3 is 2.57 bits per heavy atom. The number of carbonyl (C=O) groups excluding carboxylic acids is 1. The van der Waals surface area contributed by atoms with E-state index in [0.29, 0.717) is 18.4 Å². The summed E-state index contributed by atoms with van der Waals surface area (Å²) in [5, 5.41) is 12.3. The molecule has 0 atom stereocenters. The average Bonchev–Trinajstić information content (AvgIpc) is 2.48. The molecule has 0 radical (unpaired) electrons. The van der Waals surface area contributed by atoms with E-state index in [1.54, 1.807) is 6.07 Å². The van der Waals surface area contributed by atoms with Crippen molar-refractivity contribution in [2.24, 2.45) is 5.41 Å². The van der Waals surface area contributed by atoms with Crippen molar-refractivity contribution in [1.82, 2.24) is 5.32 Å². The zero-order valence-electron chi connectivity index (χ0n) is 12.1. The van der Waals surface area contributed by atoms with Crippen LogP contribution in [0, 0.1) is 12.3 Å². The summed E-state index contributed by atoms with van der Waals surface area (Å²) in [7, 11) is 0. The lowest BCUT2D eigenvalue weighted by molar-refractivity contribution is -0.150. The average molecular weight is 354 g/mol. The molecule has 1 aromatic carbocycles. The molecule has 5 heteroatoms. The summed E-state index contributed by atoms with van der Waals surface area (Å²) in [6.07, 6.45) is 4.17. The molecule has 0 unspecified atom stereocenters. The fourth-order valence-electron chi connectivity index (χ4n) is 2.85. The SMILES string of the molecule is Cc1ccc(Br)c(C(=O)NCC2(C(=O)O)CCCCC2)c1. The molecule has 1 aromatic rings. The van der Waals surface area contributed by atoms with Crippen LogP contribution in [0.2, 0.25) is 0 Å². The molecule has 21 heavy (non-hydrogen) atoms. The first kappa shape index (κ1) is 16.0. The van der Waals surface area contributed by atoms with E-state index in [0.717, 1.165) is 29.3 Å². The summed E-state index contributed by atoms with van der Waals surface area (Å²) in [4.78, 5) is 23.9. The van der Waals surface area contributed by atoms with Gasteiger partial charge >= 0.3 is 5.97 Å². The van der Waals surface area contributed by atoms with Crippen molar-refractivity contribution < 1.29 is 14.7 Å². The standard InChI is InChI=1S/C16H20BrNO3/c1-11-5-6-13(17)12(9-11)14(19)18-10-16(15(20)21)7-3-2-4-8-16/h5-6,9H,2-4,7-8,10H2,1H3,(H,18,19)(H,20,21). The van der Waals surface area contributed by atoms with Crippen LogP contribution in [0.1, 0.15) is 48.0 Å². The zero-order chi connectivity index (χ0) is 15.5. The lowest BCUT2D eigenvalue weighted by atomic mass is 9.74. The molecule has 0 aromatic heterocycles. The van der Waals surface area contributed by atoms with E-state index in [4.69, 9.17) is 0 Å². The van der Waals surface area contributed by atoms with Crippen molar-refractivity contribution in [3.8, 4) is 0 Å². The molecule has 0 bridgehead atoms. The largest absolute Gasteiger partial charge is 0.481 e. The van der Waals surface area contributed by atoms with Gasteiger partial charge in [-0.1, -0.05) is 30.9 Å². The van der Waals surface area contributed by atoms with Crippen molar-refractivity contribution in [3.63, 3.8) is 0 Å². The summed E-state index contributed by atoms with van der Waals surface area (Å²) in [5.41, 5.74) is 0.741. The molecule has 4 nitrogen and oxygen atoms in total. The molecular weight excluding hydrogens is 334 g/mol. The van der Waals surface area contributed by atoms with E-state index < -0.39 is 11.4 Å². The van der Waals surface area contributed by atoms with E-state index in [-0.39, 0.29) is 12.5 Å². The summed E-state index contributed by atoms with van der Waals surface area (Å²) < 4.78 is 0.721. The summed E-state index contributed by atoms with van der Waals surface area (Å²) >= 11 is 3.36. The Kier molecular flexibility index (Phi) is 5.04. The van der Waals surface area contributed by atoms with Crippen LogP contribution in [0.3, 0.4) is 0 Å². The van der Waals surface area contributed by atoms with Crippen LogP contribution >= 0.6 is 15.9 Å². The molecular formula is C16H20BrNO3. The van der Waals surface area contributed by atoms with Gasteiger partial charge in [-0.25, -0.2) is 0 Å². The van der Waals surface area contributed by atoms with Crippen molar-refractivity contribution >= 4 is 27.8 Å². The normalized spacial score (nSPS) is 17.2. The molecule has 2 rings (SSSR count). The maximum atomic E-state index is 12.3. The van der Waals surface area contributed by atoms with Crippen molar-refractivity contribution in [2.45, 2.75) is 39.0 Å². The Morgan fingerprint density at radius 2 is 1.95 bits per heavy atom. The molecule has 114 valence electrons. The number of rotatable bonds is 4. The van der Waals surface area contributed by atoms with Crippen molar-refractivity contribution in [1.29, 1.82) is 0 Å². The van der Waals surface area contributed by atoms with Crippen LogP contribution in [-0.4, -0.2) is 23.5 Å². The van der Waals surface area contributed by atoms with Gasteiger partial charge in [-0.3, -0.25) is 9.59 Å². The molecule has 0 saturated heterocycles. The predicted octanol–water partition coefficient (Wildman–Crippen LogP) is 3.52. The third kappa shape index (κ3) is 3.64. The minimum atomic E-state index is -0.801. The van der Waals surface area contributed by atoms with E-state index in [2.05, 4.69) is 21.2 Å². The third-order valence-corrected chi connectivity index (χ3v) is 4.91. The Balaban J connectivity index is 2.08. The maximum absolute atomic E-state index is 12.3. The summed E-state index contributed by atoms with van der Waals surface area (Å²) in [6.45, 7) is 2.12. The van der Waals surface area contributed by atoms with E-state index >= 15 is 0 Å². The van der Waals surface area contributed by atoms with Crippen LogP contribution in [0.5, 0.6) is 0 Å². The fourth-order valence-corrected chi connectivity index (χ4v) is 3.28. The van der Waals surface area contributed by atoms with Gasteiger partial charge in [0.2, 0.25) is 0 Å². The van der Waals surface area contributed by atoms with Crippen LogP contribution < -0.4 is 5.32 Å². The number of halogens is 1. The number of hydrogen-bond donors (Lipinski definition) is 2. The van der Waals surface area contributed by atoms with Gasteiger partial charge in [0.05, 0.1) is 11.0 Å². The van der Waals surface area contributed by atoms with Gasteiger partial charge < -0.3 is 10.4 Å². The minimum Gasteiger partial charge on any atom is -0.481 e. The predicted molar refractivity (Wildman–Crippen MR) is 84.4 cm³/mol. The first-order chi connectivity index (χ1) is 9.94. The highest BCUT2D eigenvalue weighted by Gasteiger charge is 2.39. The first-order valence-corrected chi connectivity index (χ1v) is 8.02. The topological polar surface area (TPSA) is 66.4 Å². The number of benzene rings is 1. The smallest absolute Gasteiger partial charge is 0.311 e. The highest BCUT2D eigenvalue weighted by Crippen LogP contribution is 2.36. The Labute approximate surface area is 133 Å². The van der Waals surface area contributed by atoms with E-state index in [1.165, 1.54) is 0 Å². The lowest BCUT2D eigenvalue weighted by Crippen LogP contribution is -2.44. The van der Waals surface area contributed by atoms with Gasteiger partial charge in [-0.15, -0.1) is 0 Å². The second-order valence-corrected chi connectivity index (χ2v) is 6.67. The number of amides is 1. The maximum Gasteiger partial charge on any atom is 0.311 e. The molecule has 2 N–H and O–H groups in total. The number of carboxylic acid groups (broad SMARTS) is 1. The number of aliphatic carboxylic acids is 1. The van der Waals surface area contributed by atoms with Crippen LogP contribution in [0.4, 0.5) is 0 Å². The molecule has 0 heterocycles. The Hall–Kier alpha value is -1.36. The Morgan fingerprint density at radius 1 is 1.29 bits per heavy atom. The quantitative estimate of drug-likeness (QED) is 0.869. The number of carbonyl (C=O) groups is 2. The molecule has 1 aliphatic carbocycles. The van der Waals surface area contributed by atoms with E-state index in [1.807, 2.05) is 19.1 Å². The zero-order valence-corrected chi connectivity index (χ0v) is 13.7. The second kappa shape index (κ2) is 6.60. The van der Waals surface area contributed by atoms with Crippen LogP contribution in [0.15, 0.2) is 22.7 Å². The van der Waals surface area contributed by atoms with E-state index in [9.17, 15) is 14.7 Å². The minimum absolute atomic E-state index is 0.196. The highest BCUT2D eigenvalue weighted by molar-refractivity contribution is 9.10. The van der Waals surface area contributed by atoms with Crippen molar-refractivity contribution in [3.05, 3.63) is 33.8 Å². The number of carboxylic acids is 1. The van der Waals surface area contributed by atoms with Crippen LogP contribution in [-0.2, 0) is 4.79 Å². The third-order valence-electron chi connectivity index (χ3n) is 4.22. The highest BCUT2D eigenvalue weighted by atomic mass is 79.9. The van der Waals surface area contributed by atoms with Gasteiger partial charge in [-0.05, 0) is 47.8 Å². The molecule has 0 aliphatic heterocycles. The van der Waals surface area contributed by atoms with Gasteiger partial charge in [0.25, 0.3) is 5.91 Å². The Bertz CT molecular complexity index is 550. The van der Waals surface area contributed by atoms with Gasteiger partial charge in [0.15, 0.2) is 0 Å². The van der Waals surface area contributed by atoms with Gasteiger partial charge in [0.1, 0.15) is 0 Å². The summed E-state index contributed by atoms with van der Waals surface area (Å²) in [5.74, 6) is -1.03. The van der Waals surface area contributed by atoms with Gasteiger partial charge in [0, 0.05) is 11.0 Å². The van der Waals surface area contributed by atoms with Crippen molar-refractivity contribution in [2.75, 3.05) is 6.54 Å². The molecule has 1 saturated carbocycles. The van der Waals surface area contributed by atoms with Gasteiger partial charge in [-0.2, -0.15) is 0 Å². The monoisotopic (exact) mass is 353 g/mol. The first-order valence-electron chi connectivity index (χ1n) is 7.22. The molecule has 1 fully saturated rings. The summed E-state index contributed by atoms with van der Waals surface area (Å²) in [6, 6.07) is 5.55. The fraction of sp³-hybridized carbons (Fsp3) is 0.500. The number of aryl methyl sites for hydroxylation is 1. The second-order valence-electron chi connectivity index (χ2n) is 5.81. The molecule has 1 aliphatic rings. The molecule has 1 amide bonds. The van der Waals surface area contributed by atoms with Crippen LogP contribution in [0.25, 0.3) is 0 Å². The number of nitrogens with one attached hydrogen (secondary N) is 1. The number of hydrogen-bond acceptors (Lipinski definition) is 2.